The van der Waals surface area contributed by atoms with Crippen LogP contribution in [0.3, 0.4) is 0 Å². The minimum atomic E-state index is 0.393. The normalized spacial score (nSPS) is 25.2. The molecule has 106 valence electrons. The van der Waals surface area contributed by atoms with Gasteiger partial charge < -0.3 is 5.32 Å². The lowest BCUT2D eigenvalue weighted by Crippen LogP contribution is -2.32. The summed E-state index contributed by atoms with van der Waals surface area (Å²) < 4.78 is 0. The molecule has 1 saturated carbocycles. The van der Waals surface area contributed by atoms with E-state index in [0.29, 0.717) is 6.04 Å². The van der Waals surface area contributed by atoms with Gasteiger partial charge in [0, 0.05) is 6.20 Å². The quantitative estimate of drug-likeness (QED) is 0.852. The number of hydrogen-bond acceptors (Lipinski definition) is 2. The molecule has 0 bridgehead atoms. The molecule has 1 unspecified atom stereocenters. The zero-order valence-corrected chi connectivity index (χ0v) is 12.8. The van der Waals surface area contributed by atoms with Gasteiger partial charge in [-0.3, -0.25) is 4.98 Å². The molecule has 2 rings (SSSR count). The maximum absolute atomic E-state index is 5.94. The van der Waals surface area contributed by atoms with Crippen LogP contribution in [-0.2, 0) is 0 Å². The summed E-state index contributed by atoms with van der Waals surface area (Å²) in [5.41, 5.74) is 1.15. The van der Waals surface area contributed by atoms with Crippen molar-refractivity contribution in [2.45, 2.75) is 52.0 Å². The summed E-state index contributed by atoms with van der Waals surface area (Å²) in [4.78, 5) is 4.53. The number of rotatable bonds is 5. The third kappa shape index (κ3) is 4.19. The van der Waals surface area contributed by atoms with E-state index in [1.807, 2.05) is 6.07 Å². The highest BCUT2D eigenvalue weighted by molar-refractivity contribution is 6.30. The second kappa shape index (κ2) is 7.25. The molecule has 2 nitrogen and oxygen atoms in total. The zero-order valence-electron chi connectivity index (χ0n) is 12.0. The van der Waals surface area contributed by atoms with Crippen LogP contribution < -0.4 is 5.32 Å². The van der Waals surface area contributed by atoms with Crippen LogP contribution in [0.5, 0.6) is 0 Å². The van der Waals surface area contributed by atoms with Gasteiger partial charge in [-0.05, 0) is 49.8 Å². The van der Waals surface area contributed by atoms with Crippen LogP contribution in [-0.4, -0.2) is 11.5 Å². The van der Waals surface area contributed by atoms with Crippen molar-refractivity contribution in [3.05, 3.63) is 29.0 Å². The van der Waals surface area contributed by atoms with Crippen molar-refractivity contribution < 1.29 is 0 Å². The summed E-state index contributed by atoms with van der Waals surface area (Å²) in [6.07, 6.45) is 8.25. The molecule has 0 radical (unpaired) electrons. The standard InChI is InChI=1S/C16H25ClN2/c1-3-10-18-16(13-6-4-12(2)5-7-13)15-9-8-14(17)11-19-15/h8-9,11-13,16,18H,3-7,10H2,1-2H3. The van der Waals surface area contributed by atoms with Crippen molar-refractivity contribution in [2.75, 3.05) is 6.54 Å². The SMILES string of the molecule is CCCNC(c1ccc(Cl)cn1)C1CCC(C)CC1. The van der Waals surface area contributed by atoms with Crippen LogP contribution in [0.4, 0.5) is 0 Å². The van der Waals surface area contributed by atoms with Crippen molar-refractivity contribution in [3.63, 3.8) is 0 Å². The van der Waals surface area contributed by atoms with E-state index in [9.17, 15) is 0 Å². The first kappa shape index (κ1) is 14.8. The molecule has 1 aromatic heterocycles. The molecule has 0 aliphatic heterocycles. The largest absolute Gasteiger partial charge is 0.308 e. The fourth-order valence-electron chi connectivity index (χ4n) is 3.00. The van der Waals surface area contributed by atoms with Gasteiger partial charge in [-0.1, -0.05) is 38.3 Å². The third-order valence-electron chi connectivity index (χ3n) is 4.22. The molecule has 3 heteroatoms. The summed E-state index contributed by atoms with van der Waals surface area (Å²) in [5.74, 6) is 1.61. The molecular weight excluding hydrogens is 256 g/mol. The summed E-state index contributed by atoms with van der Waals surface area (Å²) in [7, 11) is 0. The molecule has 19 heavy (non-hydrogen) atoms. The van der Waals surface area contributed by atoms with E-state index in [0.717, 1.165) is 35.5 Å². The van der Waals surface area contributed by atoms with E-state index in [1.165, 1.54) is 25.7 Å². The zero-order chi connectivity index (χ0) is 13.7. The summed E-state index contributed by atoms with van der Waals surface area (Å²) >= 11 is 5.94. The minimum Gasteiger partial charge on any atom is -0.308 e. The molecule has 1 atom stereocenters. The lowest BCUT2D eigenvalue weighted by atomic mass is 9.78. The van der Waals surface area contributed by atoms with E-state index in [1.54, 1.807) is 6.20 Å². The molecule has 0 saturated heterocycles. The second-order valence-electron chi connectivity index (χ2n) is 5.85. The molecular formula is C16H25ClN2. The van der Waals surface area contributed by atoms with Crippen molar-refractivity contribution in [2.24, 2.45) is 11.8 Å². The van der Waals surface area contributed by atoms with Crippen molar-refractivity contribution in [1.82, 2.24) is 10.3 Å². The highest BCUT2D eigenvalue weighted by atomic mass is 35.5. The van der Waals surface area contributed by atoms with Gasteiger partial charge >= 0.3 is 0 Å². The van der Waals surface area contributed by atoms with Crippen LogP contribution in [0.15, 0.2) is 18.3 Å². The predicted molar refractivity (Wildman–Crippen MR) is 81.4 cm³/mol. The van der Waals surface area contributed by atoms with Gasteiger partial charge in [0.05, 0.1) is 16.8 Å². The number of nitrogens with one attached hydrogen (secondary N) is 1. The number of aromatic nitrogens is 1. The average molecular weight is 281 g/mol. The molecule has 1 aromatic rings. The van der Waals surface area contributed by atoms with E-state index in [2.05, 4.69) is 30.2 Å². The molecule has 1 N–H and O–H groups in total. The Kier molecular flexibility index (Phi) is 5.65. The molecule has 1 fully saturated rings. The van der Waals surface area contributed by atoms with Crippen molar-refractivity contribution >= 4 is 11.6 Å². The first-order chi connectivity index (χ1) is 9.20. The van der Waals surface area contributed by atoms with Crippen LogP contribution in [0.2, 0.25) is 5.02 Å². The number of hydrogen-bond donors (Lipinski definition) is 1. The first-order valence-corrected chi connectivity index (χ1v) is 7.93. The molecule has 1 aliphatic rings. The molecule has 0 spiro atoms. The second-order valence-corrected chi connectivity index (χ2v) is 6.29. The van der Waals surface area contributed by atoms with Gasteiger partial charge in [0.1, 0.15) is 0 Å². The fraction of sp³-hybridized carbons (Fsp3) is 0.688. The molecule has 1 aliphatic carbocycles. The van der Waals surface area contributed by atoms with Crippen LogP contribution >= 0.6 is 11.6 Å². The summed E-state index contributed by atoms with van der Waals surface area (Å²) in [5, 5.41) is 4.40. The maximum atomic E-state index is 5.94. The Balaban J connectivity index is 2.08. The first-order valence-electron chi connectivity index (χ1n) is 7.55. The smallest absolute Gasteiger partial charge is 0.0589 e. The van der Waals surface area contributed by atoms with Gasteiger partial charge in [-0.15, -0.1) is 0 Å². The van der Waals surface area contributed by atoms with E-state index < -0.39 is 0 Å². The minimum absolute atomic E-state index is 0.393. The van der Waals surface area contributed by atoms with E-state index >= 15 is 0 Å². The lowest BCUT2D eigenvalue weighted by molar-refractivity contribution is 0.229. The summed E-state index contributed by atoms with van der Waals surface area (Å²) in [6.45, 7) is 5.63. The van der Waals surface area contributed by atoms with Gasteiger partial charge in [0.2, 0.25) is 0 Å². The molecule has 1 heterocycles. The van der Waals surface area contributed by atoms with Crippen LogP contribution in [0.1, 0.15) is 57.7 Å². The van der Waals surface area contributed by atoms with Crippen molar-refractivity contribution in [1.29, 1.82) is 0 Å². The van der Waals surface area contributed by atoms with Gasteiger partial charge in [0.15, 0.2) is 0 Å². The Bertz CT molecular complexity index is 369. The van der Waals surface area contributed by atoms with Gasteiger partial charge in [-0.25, -0.2) is 0 Å². The highest BCUT2D eigenvalue weighted by Gasteiger charge is 2.27. The number of nitrogens with zero attached hydrogens (tertiary/aromatic N) is 1. The van der Waals surface area contributed by atoms with Gasteiger partial charge in [-0.2, -0.15) is 0 Å². The Labute approximate surface area is 122 Å². The van der Waals surface area contributed by atoms with Crippen molar-refractivity contribution in [3.8, 4) is 0 Å². The number of halogens is 1. The molecule has 0 amide bonds. The average Bonchev–Trinajstić information content (AvgIpc) is 2.43. The topological polar surface area (TPSA) is 24.9 Å². The number of pyridine rings is 1. The van der Waals surface area contributed by atoms with Gasteiger partial charge in [0.25, 0.3) is 0 Å². The Morgan fingerprint density at radius 1 is 1.32 bits per heavy atom. The predicted octanol–water partition coefficient (Wildman–Crippen LogP) is 4.60. The van der Waals surface area contributed by atoms with Crippen LogP contribution in [0.25, 0.3) is 0 Å². The Morgan fingerprint density at radius 3 is 2.63 bits per heavy atom. The third-order valence-corrected chi connectivity index (χ3v) is 4.44. The van der Waals surface area contributed by atoms with E-state index in [4.69, 9.17) is 11.6 Å². The van der Waals surface area contributed by atoms with Crippen LogP contribution in [0, 0.1) is 11.8 Å². The maximum Gasteiger partial charge on any atom is 0.0589 e. The van der Waals surface area contributed by atoms with E-state index in [-0.39, 0.29) is 0 Å². The Hall–Kier alpha value is -0.600. The monoisotopic (exact) mass is 280 g/mol. The molecule has 0 aromatic carbocycles. The highest BCUT2D eigenvalue weighted by Crippen LogP contribution is 2.36. The lowest BCUT2D eigenvalue weighted by Gasteiger charge is -2.33. The summed E-state index contributed by atoms with van der Waals surface area (Å²) in [6, 6.07) is 4.42. The fourth-order valence-corrected chi connectivity index (χ4v) is 3.11. The Morgan fingerprint density at radius 2 is 2.05 bits per heavy atom.